The molecule has 1 aromatic heterocycles. The van der Waals surface area contributed by atoms with Gasteiger partial charge in [0.1, 0.15) is 0 Å². The highest BCUT2D eigenvalue weighted by molar-refractivity contribution is 9.10. The third kappa shape index (κ3) is 2.55. The van der Waals surface area contributed by atoms with Crippen LogP contribution in [-0.2, 0) is 0 Å². The molecule has 1 aromatic carbocycles. The van der Waals surface area contributed by atoms with Gasteiger partial charge in [-0.05, 0) is 31.0 Å². The van der Waals surface area contributed by atoms with Crippen molar-refractivity contribution in [3.8, 4) is 6.07 Å². The van der Waals surface area contributed by atoms with E-state index in [0.717, 1.165) is 15.3 Å². The minimum absolute atomic E-state index is 0.630. The van der Waals surface area contributed by atoms with Gasteiger partial charge in [-0.1, -0.05) is 15.9 Å². The molecule has 0 radical (unpaired) electrons. The van der Waals surface area contributed by atoms with Crippen LogP contribution in [0.5, 0.6) is 0 Å². The van der Waals surface area contributed by atoms with Crippen molar-refractivity contribution in [3.05, 3.63) is 39.3 Å². The minimum atomic E-state index is 0.630. The molecule has 1 heterocycles. The van der Waals surface area contributed by atoms with E-state index in [9.17, 15) is 0 Å². The van der Waals surface area contributed by atoms with E-state index in [4.69, 9.17) is 5.26 Å². The van der Waals surface area contributed by atoms with Crippen molar-refractivity contribution in [2.24, 2.45) is 0 Å². The Morgan fingerprint density at radius 2 is 2.22 bits per heavy atom. The summed E-state index contributed by atoms with van der Waals surface area (Å²) in [6, 6.07) is 7.70. The molecule has 0 spiro atoms. The van der Waals surface area contributed by atoms with Crippen LogP contribution in [0.3, 0.4) is 0 Å². The number of thiazole rings is 1. The lowest BCUT2D eigenvalue weighted by Crippen LogP contribution is -1.91. The van der Waals surface area contributed by atoms with Crippen LogP contribution < -0.4 is 5.32 Å². The number of benzene rings is 1. The average molecular weight is 320 g/mol. The molecule has 1 N–H and O–H groups in total. The first-order valence-electron chi connectivity index (χ1n) is 5.68. The average Bonchev–Trinajstić information content (AvgIpc) is 3.10. The molecular formula is C13H10BrN3S. The molecule has 0 saturated heterocycles. The predicted octanol–water partition coefficient (Wildman–Crippen LogP) is 4.40. The maximum atomic E-state index is 8.93. The second-order valence-corrected chi connectivity index (χ2v) is 6.09. The van der Waals surface area contributed by atoms with E-state index in [1.165, 1.54) is 18.5 Å². The van der Waals surface area contributed by atoms with Crippen molar-refractivity contribution in [2.75, 3.05) is 5.32 Å². The highest BCUT2D eigenvalue weighted by Gasteiger charge is 2.26. The highest BCUT2D eigenvalue weighted by Crippen LogP contribution is 2.41. The lowest BCUT2D eigenvalue weighted by molar-refractivity contribution is 1.05. The lowest BCUT2D eigenvalue weighted by Gasteiger charge is -2.03. The maximum Gasteiger partial charge on any atom is 0.187 e. The van der Waals surface area contributed by atoms with Gasteiger partial charge in [-0.2, -0.15) is 5.26 Å². The number of anilines is 2. The molecule has 5 heteroatoms. The number of nitrogens with one attached hydrogen (secondary N) is 1. The van der Waals surface area contributed by atoms with E-state index in [1.807, 2.05) is 12.1 Å². The van der Waals surface area contributed by atoms with Crippen LogP contribution in [0.1, 0.15) is 30.0 Å². The van der Waals surface area contributed by atoms with Gasteiger partial charge in [0.25, 0.3) is 0 Å². The summed E-state index contributed by atoms with van der Waals surface area (Å²) in [5.74, 6) is 0.675. The van der Waals surface area contributed by atoms with Crippen molar-refractivity contribution in [3.63, 3.8) is 0 Å². The maximum absolute atomic E-state index is 8.93. The number of nitrogens with zero attached hydrogens (tertiary/aromatic N) is 2. The zero-order chi connectivity index (χ0) is 12.5. The van der Waals surface area contributed by atoms with E-state index in [2.05, 4.69) is 37.7 Å². The van der Waals surface area contributed by atoms with Crippen molar-refractivity contribution in [1.82, 2.24) is 4.98 Å². The lowest BCUT2D eigenvalue weighted by atomic mass is 10.2. The number of aromatic nitrogens is 1. The summed E-state index contributed by atoms with van der Waals surface area (Å²) < 4.78 is 0.892. The van der Waals surface area contributed by atoms with Crippen molar-refractivity contribution in [1.29, 1.82) is 5.26 Å². The quantitative estimate of drug-likeness (QED) is 0.912. The zero-order valence-electron chi connectivity index (χ0n) is 9.48. The van der Waals surface area contributed by atoms with Gasteiger partial charge in [-0.15, -0.1) is 11.3 Å². The second-order valence-electron chi connectivity index (χ2n) is 4.32. The van der Waals surface area contributed by atoms with Gasteiger partial charge in [-0.25, -0.2) is 4.98 Å². The van der Waals surface area contributed by atoms with E-state index >= 15 is 0 Å². The van der Waals surface area contributed by atoms with Gasteiger partial charge < -0.3 is 5.32 Å². The number of rotatable bonds is 3. The molecule has 1 aliphatic rings. The fourth-order valence-corrected chi connectivity index (χ4v) is 3.07. The summed E-state index contributed by atoms with van der Waals surface area (Å²) in [4.78, 5) is 4.56. The molecule has 1 saturated carbocycles. The molecule has 2 aromatic rings. The monoisotopic (exact) mass is 319 g/mol. The normalized spacial score (nSPS) is 14.2. The summed E-state index contributed by atoms with van der Waals surface area (Å²) in [6.07, 6.45) is 2.53. The number of nitriles is 1. The third-order valence-electron chi connectivity index (χ3n) is 2.80. The van der Waals surface area contributed by atoms with Crippen LogP contribution in [0.2, 0.25) is 0 Å². The second kappa shape index (κ2) is 4.71. The molecule has 0 atom stereocenters. The summed E-state index contributed by atoms with van der Waals surface area (Å²) in [5, 5.41) is 15.2. The van der Waals surface area contributed by atoms with Gasteiger partial charge in [-0.3, -0.25) is 0 Å². The van der Waals surface area contributed by atoms with Crippen molar-refractivity contribution in [2.45, 2.75) is 18.8 Å². The Balaban J connectivity index is 1.82. The molecule has 0 amide bonds. The summed E-state index contributed by atoms with van der Waals surface area (Å²) in [5.41, 5.74) is 2.71. The number of halogens is 1. The first kappa shape index (κ1) is 11.7. The Morgan fingerprint density at radius 3 is 2.94 bits per heavy atom. The van der Waals surface area contributed by atoms with E-state index in [-0.39, 0.29) is 0 Å². The molecule has 3 rings (SSSR count). The Kier molecular flexibility index (Phi) is 3.06. The molecule has 90 valence electrons. The Bertz CT molecular complexity index is 625. The first-order chi connectivity index (χ1) is 8.74. The van der Waals surface area contributed by atoms with Gasteiger partial charge in [0, 0.05) is 21.5 Å². The summed E-state index contributed by atoms with van der Waals surface area (Å²) >= 11 is 5.01. The third-order valence-corrected chi connectivity index (χ3v) is 4.03. The van der Waals surface area contributed by atoms with Crippen molar-refractivity contribution >= 4 is 38.1 Å². The van der Waals surface area contributed by atoms with E-state index in [0.29, 0.717) is 11.5 Å². The van der Waals surface area contributed by atoms with Crippen molar-refractivity contribution < 1.29 is 0 Å². The van der Waals surface area contributed by atoms with Crippen LogP contribution in [0.4, 0.5) is 10.8 Å². The molecule has 0 bridgehead atoms. The molecule has 3 nitrogen and oxygen atoms in total. The van der Waals surface area contributed by atoms with E-state index in [1.54, 1.807) is 17.4 Å². The van der Waals surface area contributed by atoms with Gasteiger partial charge >= 0.3 is 0 Å². The van der Waals surface area contributed by atoms with Crippen LogP contribution in [0.15, 0.2) is 28.1 Å². The Labute approximate surface area is 118 Å². The van der Waals surface area contributed by atoms with Crippen LogP contribution in [0.25, 0.3) is 0 Å². The molecular weight excluding hydrogens is 310 g/mol. The number of hydrogen-bond donors (Lipinski definition) is 1. The van der Waals surface area contributed by atoms with Gasteiger partial charge in [0.15, 0.2) is 5.13 Å². The molecule has 1 fully saturated rings. The predicted molar refractivity (Wildman–Crippen MR) is 76.2 cm³/mol. The fraction of sp³-hybridized carbons (Fsp3) is 0.231. The summed E-state index contributed by atoms with van der Waals surface area (Å²) in [7, 11) is 0. The van der Waals surface area contributed by atoms with Gasteiger partial charge in [0.05, 0.1) is 17.3 Å². The standard InChI is InChI=1S/C13H10BrN3S/c14-10-3-8(6-15)4-11(5-10)16-13-17-12(7-18-13)9-1-2-9/h3-5,7,9H,1-2H2,(H,16,17). The molecule has 0 unspecified atom stereocenters. The van der Waals surface area contributed by atoms with Gasteiger partial charge in [0.2, 0.25) is 0 Å². The molecule has 1 aliphatic carbocycles. The minimum Gasteiger partial charge on any atom is -0.331 e. The SMILES string of the molecule is N#Cc1cc(Br)cc(Nc2nc(C3CC3)cs2)c1. The smallest absolute Gasteiger partial charge is 0.187 e. The largest absolute Gasteiger partial charge is 0.331 e. The molecule has 18 heavy (non-hydrogen) atoms. The highest BCUT2D eigenvalue weighted by atomic mass is 79.9. The topological polar surface area (TPSA) is 48.7 Å². The van der Waals surface area contributed by atoms with Crippen LogP contribution in [-0.4, -0.2) is 4.98 Å². The Hall–Kier alpha value is -1.38. The zero-order valence-corrected chi connectivity index (χ0v) is 11.9. The van der Waals surface area contributed by atoms with Crippen LogP contribution in [0, 0.1) is 11.3 Å². The van der Waals surface area contributed by atoms with Crippen LogP contribution >= 0.6 is 27.3 Å². The number of hydrogen-bond acceptors (Lipinski definition) is 4. The van der Waals surface area contributed by atoms with E-state index < -0.39 is 0 Å². The fourth-order valence-electron chi connectivity index (χ4n) is 1.76. The summed E-state index contributed by atoms with van der Waals surface area (Å²) in [6.45, 7) is 0. The first-order valence-corrected chi connectivity index (χ1v) is 7.35. The molecule has 0 aliphatic heterocycles. The Morgan fingerprint density at radius 1 is 1.39 bits per heavy atom.